The second-order valence-electron chi connectivity index (χ2n) is 22.3. The molecular formula is C60H87N7O14. The Hall–Kier alpha value is -7.16. The van der Waals surface area contributed by atoms with E-state index < -0.39 is 94.3 Å². The number of hydroxylamine groups is 2. The lowest BCUT2D eigenvalue weighted by molar-refractivity contribution is -0.197. The van der Waals surface area contributed by atoms with Crippen molar-refractivity contribution < 1.29 is 67.4 Å². The van der Waals surface area contributed by atoms with Gasteiger partial charge >= 0.3 is 11.9 Å². The predicted octanol–water partition coefficient (Wildman–Crippen LogP) is 5.75. The zero-order valence-electron chi connectivity index (χ0n) is 49.3. The molecule has 8 amide bonds. The molecule has 2 saturated heterocycles. The molecule has 0 spiro atoms. The molecule has 3 fully saturated rings. The number of nitrogens with one attached hydrogen (secondary N) is 6. The van der Waals surface area contributed by atoms with Crippen LogP contribution in [0.3, 0.4) is 0 Å². The van der Waals surface area contributed by atoms with Crippen LogP contribution in [-0.4, -0.2) is 112 Å². The number of nitrogens with zero attached hydrogens (tertiary/aromatic N) is 1. The first-order valence-corrected chi connectivity index (χ1v) is 28.5. The fraction of sp³-hybridized carbons (Fsp3) is 0.600. The van der Waals surface area contributed by atoms with Gasteiger partial charge in [-0.2, -0.15) is 0 Å². The van der Waals surface area contributed by atoms with Crippen molar-refractivity contribution in [3.05, 3.63) is 76.9 Å². The molecule has 2 aromatic carbocycles. The van der Waals surface area contributed by atoms with Gasteiger partial charge in [-0.3, -0.25) is 38.4 Å². The molecule has 2 aromatic rings. The van der Waals surface area contributed by atoms with Gasteiger partial charge in [-0.25, -0.2) is 9.59 Å². The largest absolute Gasteiger partial charge is 0.496 e. The van der Waals surface area contributed by atoms with E-state index in [1.54, 1.807) is 40.9 Å². The van der Waals surface area contributed by atoms with E-state index in [0.717, 1.165) is 28.7 Å². The van der Waals surface area contributed by atoms with Gasteiger partial charge in [-0.05, 0) is 118 Å². The molecular weight excluding hydrogens is 1040 g/mol. The van der Waals surface area contributed by atoms with Crippen LogP contribution in [0, 0.1) is 23.2 Å². The SMILES string of the molecule is CC.CCc1cc(C[C@@H](NC(=O)/C=C/CC[C@H](C)C2OC2c2ccc(CNC(=O)[C@H](C)NC(=O)[C@@H](NC(=O)CCCC(=O)ON3C(=O)CCC3=O)C(C)C)cc2)C(=O)NC2(C(C)(C)C(=O)N[C@@H](CC(C)C)C(=O)O)CC2)ccc1OC. The van der Waals surface area contributed by atoms with Crippen molar-refractivity contribution in [2.24, 2.45) is 23.2 Å². The number of rotatable bonds is 31. The molecule has 21 heteroatoms. The van der Waals surface area contributed by atoms with Gasteiger partial charge in [-0.1, -0.05) is 97.9 Å². The van der Waals surface area contributed by atoms with Crippen LogP contribution in [0.5, 0.6) is 5.75 Å². The van der Waals surface area contributed by atoms with Gasteiger partial charge in [0.05, 0.1) is 24.2 Å². The standard InChI is InChI=1S/C58H81N7O14.C2H6/c1-11-39-30-38(21-24-43(39)77-10)31-41(53(72)64-58(27-28-58)57(8,9)56(76)62-42(55(74)75)29-33(2)3)61-44(66)16-13-12-15-35(6)50-51(78-50)40-22-19-37(20-23-40)32-59-52(71)36(7)60-54(73)49(34(4)5)63-45(67)17-14-18-48(70)79-65-46(68)25-26-47(65)69;1-2/h13,16,19-24,30,33-36,41-42,49-51H,11-12,14-15,17-18,25-29,31-32H2,1-10H3,(H,59,71)(H,60,73)(H,61,66)(H,62,76)(H,63,67)(H,64,72)(H,74,75);1-2H3/b16-13+;/t35-,36-,41+,42-,49-,50?,51?;/m0./s1. The normalized spacial score (nSPS) is 18.1. The number of imide groups is 1. The highest BCUT2D eigenvalue weighted by Crippen LogP contribution is 2.50. The van der Waals surface area contributed by atoms with E-state index in [0.29, 0.717) is 36.5 Å². The van der Waals surface area contributed by atoms with E-state index >= 15 is 0 Å². The third-order valence-electron chi connectivity index (χ3n) is 14.9. The third-order valence-corrected chi connectivity index (χ3v) is 14.9. The Labute approximate surface area is 476 Å². The molecule has 0 aromatic heterocycles. The number of aliphatic carboxylic acids is 1. The minimum Gasteiger partial charge on any atom is -0.496 e. The zero-order chi connectivity index (χ0) is 60.4. The number of carboxylic acid groups (broad SMARTS) is 1. The number of allylic oxidation sites excluding steroid dienone is 1. The molecule has 7 atom stereocenters. The van der Waals surface area contributed by atoms with Gasteiger partial charge in [0.2, 0.25) is 35.4 Å². The number of aryl methyl sites for hydroxylation is 1. The van der Waals surface area contributed by atoms with Crippen LogP contribution in [0.4, 0.5) is 0 Å². The number of methoxy groups -OCH3 is 1. The Morgan fingerprint density at radius 3 is 2.05 bits per heavy atom. The monoisotopic (exact) mass is 1130 g/mol. The van der Waals surface area contributed by atoms with Crippen LogP contribution in [0.2, 0.25) is 0 Å². The van der Waals surface area contributed by atoms with Crippen LogP contribution >= 0.6 is 0 Å². The van der Waals surface area contributed by atoms with E-state index in [9.17, 15) is 53.1 Å². The molecule has 5 rings (SSSR count). The number of hydrogen-bond donors (Lipinski definition) is 7. The molecule has 0 radical (unpaired) electrons. The van der Waals surface area contributed by atoms with E-state index in [4.69, 9.17) is 14.3 Å². The summed E-state index contributed by atoms with van der Waals surface area (Å²) in [7, 11) is 1.59. The first-order chi connectivity index (χ1) is 38.3. The molecule has 0 bridgehead atoms. The number of hydrogen-bond acceptors (Lipinski definition) is 13. The Bertz CT molecular complexity index is 2580. The van der Waals surface area contributed by atoms with Crippen molar-refractivity contribution >= 4 is 59.2 Å². The second kappa shape index (κ2) is 30.6. The van der Waals surface area contributed by atoms with Gasteiger partial charge in [0.25, 0.3) is 11.8 Å². The van der Waals surface area contributed by atoms with Crippen molar-refractivity contribution in [3.63, 3.8) is 0 Å². The summed E-state index contributed by atoms with van der Waals surface area (Å²) in [5.74, 6) is -5.49. The average Bonchev–Trinajstić information content (AvgIpc) is 4.54. The lowest BCUT2D eigenvalue weighted by Crippen LogP contribution is -2.60. The number of carbonyl (C=O) groups is 10. The van der Waals surface area contributed by atoms with Crippen molar-refractivity contribution in [1.82, 2.24) is 37.0 Å². The maximum absolute atomic E-state index is 14.2. The van der Waals surface area contributed by atoms with Crippen LogP contribution in [-0.2, 0) is 76.9 Å². The summed E-state index contributed by atoms with van der Waals surface area (Å²) in [6.45, 7) is 20.4. The first kappa shape index (κ1) is 66.4. The second-order valence-corrected chi connectivity index (χ2v) is 22.3. The predicted molar refractivity (Wildman–Crippen MR) is 301 cm³/mol. The molecule has 2 aliphatic heterocycles. The van der Waals surface area contributed by atoms with Crippen molar-refractivity contribution in [2.75, 3.05) is 7.11 Å². The van der Waals surface area contributed by atoms with Crippen molar-refractivity contribution in [1.29, 1.82) is 0 Å². The van der Waals surface area contributed by atoms with Crippen molar-refractivity contribution in [2.45, 2.75) is 202 Å². The van der Waals surface area contributed by atoms with E-state index in [-0.39, 0.29) is 81.5 Å². The lowest BCUT2D eigenvalue weighted by Gasteiger charge is -2.36. The molecule has 2 unspecified atom stereocenters. The summed E-state index contributed by atoms with van der Waals surface area (Å²) in [6.07, 6.45) is 6.06. The fourth-order valence-electron chi connectivity index (χ4n) is 9.56. The lowest BCUT2D eigenvalue weighted by atomic mass is 9.80. The Morgan fingerprint density at radius 1 is 0.827 bits per heavy atom. The molecule has 21 nitrogen and oxygen atoms in total. The summed E-state index contributed by atoms with van der Waals surface area (Å²) in [5, 5.41) is 27.1. The van der Waals surface area contributed by atoms with Crippen molar-refractivity contribution in [3.8, 4) is 5.75 Å². The number of carbonyl (C=O) groups excluding carboxylic acids is 9. The van der Waals surface area contributed by atoms with Gasteiger partial charge in [0, 0.05) is 38.6 Å². The molecule has 446 valence electrons. The topological polar surface area (TPSA) is 297 Å². The van der Waals surface area contributed by atoms with Gasteiger partial charge in [0.15, 0.2) is 0 Å². The number of amides is 8. The minimum atomic E-state index is -1.16. The molecule has 1 aliphatic carbocycles. The zero-order valence-corrected chi connectivity index (χ0v) is 49.3. The summed E-state index contributed by atoms with van der Waals surface area (Å²) in [6, 6.07) is 9.32. The Balaban J connectivity index is 0.00000697. The van der Waals surface area contributed by atoms with Gasteiger partial charge in [0.1, 0.15) is 36.0 Å². The molecule has 1 saturated carbocycles. The number of ether oxygens (including phenoxy) is 2. The maximum atomic E-state index is 14.2. The summed E-state index contributed by atoms with van der Waals surface area (Å²) < 4.78 is 11.6. The molecule has 2 heterocycles. The van der Waals surface area contributed by atoms with Crippen LogP contribution in [0.1, 0.15) is 169 Å². The quantitative estimate of drug-likeness (QED) is 0.0269. The minimum absolute atomic E-state index is 0.0292. The van der Waals surface area contributed by atoms with E-state index in [1.807, 2.05) is 77.1 Å². The van der Waals surface area contributed by atoms with Crippen LogP contribution in [0.25, 0.3) is 0 Å². The molecule has 7 N–H and O–H groups in total. The van der Waals surface area contributed by atoms with E-state index in [2.05, 4.69) is 38.8 Å². The number of epoxide rings is 1. The molecule has 3 aliphatic rings. The smallest absolute Gasteiger partial charge is 0.333 e. The highest BCUT2D eigenvalue weighted by Gasteiger charge is 2.59. The average molecular weight is 1130 g/mol. The van der Waals surface area contributed by atoms with E-state index in [1.165, 1.54) is 13.0 Å². The maximum Gasteiger partial charge on any atom is 0.333 e. The molecule has 81 heavy (non-hydrogen) atoms. The van der Waals surface area contributed by atoms with Crippen LogP contribution in [0.15, 0.2) is 54.6 Å². The fourth-order valence-corrected chi connectivity index (χ4v) is 9.56. The number of benzene rings is 2. The third kappa shape index (κ3) is 19.2. The van der Waals surface area contributed by atoms with Gasteiger partial charge < -0.3 is 51.3 Å². The highest BCUT2D eigenvalue weighted by atomic mass is 16.7. The summed E-state index contributed by atoms with van der Waals surface area (Å²) >= 11 is 0. The summed E-state index contributed by atoms with van der Waals surface area (Å²) in [4.78, 5) is 132. The Kier molecular flexibility index (Phi) is 25.1. The van der Waals surface area contributed by atoms with Crippen LogP contribution < -0.4 is 36.6 Å². The Morgan fingerprint density at radius 2 is 1.47 bits per heavy atom. The van der Waals surface area contributed by atoms with Gasteiger partial charge in [-0.15, -0.1) is 5.06 Å². The number of carboxylic acids is 1. The highest BCUT2D eigenvalue weighted by molar-refractivity contribution is 6.01. The summed E-state index contributed by atoms with van der Waals surface area (Å²) in [5.41, 5.74) is 1.44. The first-order valence-electron chi connectivity index (χ1n) is 28.5.